The van der Waals surface area contributed by atoms with Gasteiger partial charge in [0.25, 0.3) is 0 Å². The summed E-state index contributed by atoms with van der Waals surface area (Å²) in [6.07, 6.45) is 12.6. The molecule has 4 unspecified atom stereocenters. The molecular formula is C16H29NO. The topological polar surface area (TPSA) is 35.2 Å². The van der Waals surface area contributed by atoms with Crippen molar-refractivity contribution in [2.75, 3.05) is 6.61 Å². The zero-order chi connectivity index (χ0) is 12.6. The van der Waals surface area contributed by atoms with Crippen molar-refractivity contribution in [3.05, 3.63) is 0 Å². The first-order valence-corrected chi connectivity index (χ1v) is 8.08. The van der Waals surface area contributed by atoms with Crippen LogP contribution in [0.3, 0.4) is 0 Å². The van der Waals surface area contributed by atoms with E-state index in [0.29, 0.717) is 17.6 Å². The Hall–Kier alpha value is -0.0800. The highest BCUT2D eigenvalue weighted by Gasteiger charge is 2.55. The molecule has 1 spiro atoms. The minimum Gasteiger partial charge on any atom is -0.377 e. The molecule has 4 atom stereocenters. The van der Waals surface area contributed by atoms with Gasteiger partial charge in [0.15, 0.2) is 0 Å². The summed E-state index contributed by atoms with van der Waals surface area (Å²) < 4.78 is 6.29. The van der Waals surface area contributed by atoms with Crippen LogP contribution in [0.15, 0.2) is 0 Å². The lowest BCUT2D eigenvalue weighted by Crippen LogP contribution is -2.61. The Labute approximate surface area is 112 Å². The van der Waals surface area contributed by atoms with E-state index in [1.807, 2.05) is 0 Å². The summed E-state index contributed by atoms with van der Waals surface area (Å²) in [5, 5.41) is 0. The van der Waals surface area contributed by atoms with Crippen LogP contribution in [0.1, 0.15) is 64.7 Å². The molecule has 2 heteroatoms. The van der Waals surface area contributed by atoms with Crippen molar-refractivity contribution in [1.29, 1.82) is 0 Å². The fourth-order valence-corrected chi connectivity index (χ4v) is 4.70. The molecule has 0 bridgehead atoms. The lowest BCUT2D eigenvalue weighted by atomic mass is 9.61. The molecule has 3 fully saturated rings. The highest BCUT2D eigenvalue weighted by Crippen LogP contribution is 2.54. The highest BCUT2D eigenvalue weighted by molar-refractivity contribution is 5.08. The number of hydrogen-bond acceptors (Lipinski definition) is 2. The van der Waals surface area contributed by atoms with E-state index in [2.05, 4.69) is 6.92 Å². The van der Waals surface area contributed by atoms with E-state index in [1.165, 1.54) is 51.4 Å². The molecule has 0 aromatic carbocycles. The Morgan fingerprint density at radius 1 is 1.11 bits per heavy atom. The molecule has 3 aliphatic carbocycles. The van der Waals surface area contributed by atoms with Gasteiger partial charge in [-0.3, -0.25) is 0 Å². The standard InChI is InChI=1S/C16H29NO/c1-12-5-4-6-13(9-12)11-18-15-10-14(17)16(15)7-2-3-8-16/h12-15H,2-11,17H2,1H3. The van der Waals surface area contributed by atoms with E-state index in [1.54, 1.807) is 0 Å². The highest BCUT2D eigenvalue weighted by atomic mass is 16.5. The first-order valence-electron chi connectivity index (χ1n) is 8.08. The zero-order valence-corrected chi connectivity index (χ0v) is 11.9. The predicted molar refractivity (Wildman–Crippen MR) is 74.4 cm³/mol. The molecule has 0 heterocycles. The molecule has 2 nitrogen and oxygen atoms in total. The average molecular weight is 251 g/mol. The largest absolute Gasteiger partial charge is 0.377 e. The van der Waals surface area contributed by atoms with Crippen LogP contribution >= 0.6 is 0 Å². The third kappa shape index (κ3) is 2.22. The smallest absolute Gasteiger partial charge is 0.0661 e. The second-order valence-electron chi connectivity index (χ2n) is 7.24. The summed E-state index contributed by atoms with van der Waals surface area (Å²) in [5.41, 5.74) is 6.65. The van der Waals surface area contributed by atoms with Crippen LogP contribution in [0.2, 0.25) is 0 Å². The summed E-state index contributed by atoms with van der Waals surface area (Å²) in [4.78, 5) is 0. The summed E-state index contributed by atoms with van der Waals surface area (Å²) in [7, 11) is 0. The van der Waals surface area contributed by atoms with E-state index in [-0.39, 0.29) is 0 Å². The molecule has 0 saturated heterocycles. The van der Waals surface area contributed by atoms with E-state index < -0.39 is 0 Å². The third-order valence-corrected chi connectivity index (χ3v) is 5.96. The molecule has 0 aliphatic heterocycles. The minimum absolute atomic E-state index is 0.389. The van der Waals surface area contributed by atoms with Crippen molar-refractivity contribution >= 4 is 0 Å². The lowest BCUT2D eigenvalue weighted by molar-refractivity contribution is -0.134. The van der Waals surface area contributed by atoms with Gasteiger partial charge in [-0.2, -0.15) is 0 Å². The third-order valence-electron chi connectivity index (χ3n) is 5.96. The second-order valence-corrected chi connectivity index (χ2v) is 7.24. The average Bonchev–Trinajstić information content (AvgIpc) is 2.86. The molecular weight excluding hydrogens is 222 g/mol. The van der Waals surface area contributed by atoms with Gasteiger partial charge in [0.2, 0.25) is 0 Å². The monoisotopic (exact) mass is 251 g/mol. The van der Waals surface area contributed by atoms with E-state index >= 15 is 0 Å². The predicted octanol–water partition coefficient (Wildman–Crippen LogP) is 3.49. The summed E-state index contributed by atoms with van der Waals surface area (Å²) in [6.45, 7) is 3.40. The maximum atomic E-state index is 6.29. The maximum absolute atomic E-state index is 6.29. The van der Waals surface area contributed by atoms with Crippen LogP contribution in [0.25, 0.3) is 0 Å². The molecule has 3 saturated carbocycles. The first kappa shape index (κ1) is 12.9. The van der Waals surface area contributed by atoms with Crippen LogP contribution in [0.5, 0.6) is 0 Å². The van der Waals surface area contributed by atoms with Gasteiger partial charge in [-0.15, -0.1) is 0 Å². The van der Waals surface area contributed by atoms with Crippen LogP contribution in [-0.2, 0) is 4.74 Å². The quantitative estimate of drug-likeness (QED) is 0.833. The lowest BCUT2D eigenvalue weighted by Gasteiger charge is -2.52. The van der Waals surface area contributed by atoms with Crippen molar-refractivity contribution in [2.45, 2.75) is 76.9 Å². The molecule has 3 rings (SSSR count). The van der Waals surface area contributed by atoms with Gasteiger partial charge in [-0.05, 0) is 43.9 Å². The number of ether oxygens (including phenoxy) is 1. The van der Waals surface area contributed by atoms with Crippen LogP contribution in [0.4, 0.5) is 0 Å². The first-order chi connectivity index (χ1) is 8.71. The SMILES string of the molecule is CC1CCCC(COC2CC(N)C23CCCC3)C1. The van der Waals surface area contributed by atoms with Gasteiger partial charge in [0.05, 0.1) is 6.10 Å². The van der Waals surface area contributed by atoms with Crippen molar-refractivity contribution in [1.82, 2.24) is 0 Å². The zero-order valence-electron chi connectivity index (χ0n) is 11.9. The van der Waals surface area contributed by atoms with Gasteiger partial charge in [0, 0.05) is 18.1 Å². The van der Waals surface area contributed by atoms with Crippen molar-refractivity contribution in [3.63, 3.8) is 0 Å². The Balaban J connectivity index is 1.48. The molecule has 0 radical (unpaired) electrons. The van der Waals surface area contributed by atoms with E-state index in [0.717, 1.165) is 24.9 Å². The Bertz CT molecular complexity index is 285. The van der Waals surface area contributed by atoms with Crippen LogP contribution in [0, 0.1) is 17.3 Å². The van der Waals surface area contributed by atoms with Crippen molar-refractivity contribution in [3.8, 4) is 0 Å². The summed E-state index contributed by atoms with van der Waals surface area (Å²) >= 11 is 0. The van der Waals surface area contributed by atoms with Crippen LogP contribution < -0.4 is 5.73 Å². The Morgan fingerprint density at radius 2 is 1.89 bits per heavy atom. The molecule has 3 aliphatic rings. The van der Waals surface area contributed by atoms with Gasteiger partial charge in [-0.1, -0.05) is 32.6 Å². The summed E-state index contributed by atoms with van der Waals surface area (Å²) in [5.74, 6) is 1.74. The van der Waals surface area contributed by atoms with Crippen molar-refractivity contribution in [2.24, 2.45) is 23.0 Å². The maximum Gasteiger partial charge on any atom is 0.0661 e. The van der Waals surface area contributed by atoms with Gasteiger partial charge in [0.1, 0.15) is 0 Å². The number of hydrogen-bond donors (Lipinski definition) is 1. The van der Waals surface area contributed by atoms with Gasteiger partial charge < -0.3 is 10.5 Å². The minimum atomic E-state index is 0.389. The molecule has 0 amide bonds. The fourth-order valence-electron chi connectivity index (χ4n) is 4.70. The summed E-state index contributed by atoms with van der Waals surface area (Å²) in [6, 6.07) is 0.426. The molecule has 0 aromatic rings. The molecule has 104 valence electrons. The van der Waals surface area contributed by atoms with E-state index in [9.17, 15) is 0 Å². The Kier molecular flexibility index (Phi) is 3.68. The Morgan fingerprint density at radius 3 is 2.56 bits per heavy atom. The fraction of sp³-hybridized carbons (Fsp3) is 1.00. The number of rotatable bonds is 3. The van der Waals surface area contributed by atoms with Gasteiger partial charge >= 0.3 is 0 Å². The van der Waals surface area contributed by atoms with Gasteiger partial charge in [-0.25, -0.2) is 0 Å². The number of nitrogens with two attached hydrogens (primary N) is 1. The molecule has 0 aromatic heterocycles. The van der Waals surface area contributed by atoms with Crippen LogP contribution in [-0.4, -0.2) is 18.8 Å². The molecule has 18 heavy (non-hydrogen) atoms. The van der Waals surface area contributed by atoms with Crippen molar-refractivity contribution < 1.29 is 4.74 Å². The second kappa shape index (κ2) is 5.13. The normalized spacial score (nSPS) is 43.0. The molecule has 2 N–H and O–H groups in total. The van der Waals surface area contributed by atoms with E-state index in [4.69, 9.17) is 10.5 Å².